The summed E-state index contributed by atoms with van der Waals surface area (Å²) in [5.41, 5.74) is 7.23. The van der Waals surface area contributed by atoms with E-state index in [1.54, 1.807) is 12.1 Å². The second kappa shape index (κ2) is 3.92. The van der Waals surface area contributed by atoms with Crippen LogP contribution in [0.2, 0.25) is 0 Å². The summed E-state index contributed by atoms with van der Waals surface area (Å²) < 4.78 is 27.7. The zero-order valence-electron chi connectivity index (χ0n) is 8.93. The van der Waals surface area contributed by atoms with Gasteiger partial charge >= 0.3 is 0 Å². The summed E-state index contributed by atoms with van der Waals surface area (Å²) in [5.74, 6) is 0.379. The smallest absolute Gasteiger partial charge is 0.154 e. The maximum absolute atomic E-state index is 11.1. The van der Waals surface area contributed by atoms with E-state index in [9.17, 15) is 8.42 Å². The zero-order valence-corrected chi connectivity index (χ0v) is 9.75. The first-order chi connectivity index (χ1) is 7.49. The van der Waals surface area contributed by atoms with Gasteiger partial charge < -0.3 is 10.2 Å². The van der Waals surface area contributed by atoms with E-state index in [4.69, 9.17) is 10.2 Å². The average Bonchev–Trinajstić information content (AvgIpc) is 2.56. The van der Waals surface area contributed by atoms with Crippen molar-refractivity contribution in [1.29, 1.82) is 0 Å². The van der Waals surface area contributed by atoms with E-state index in [-0.39, 0.29) is 5.75 Å². The largest absolute Gasteiger partial charge is 0.460 e. The van der Waals surface area contributed by atoms with Crippen LogP contribution in [0.1, 0.15) is 11.3 Å². The lowest BCUT2D eigenvalue weighted by Gasteiger charge is -1.95. The van der Waals surface area contributed by atoms with Crippen molar-refractivity contribution in [2.45, 2.75) is 12.3 Å². The number of furan rings is 1. The van der Waals surface area contributed by atoms with Gasteiger partial charge in [0.05, 0.1) is 0 Å². The molecule has 0 saturated heterocycles. The molecule has 4 nitrogen and oxygen atoms in total. The molecule has 2 rings (SSSR count). The van der Waals surface area contributed by atoms with Crippen LogP contribution in [-0.4, -0.2) is 14.7 Å². The second-order valence-corrected chi connectivity index (χ2v) is 5.96. The third-order valence-electron chi connectivity index (χ3n) is 2.33. The minimum atomic E-state index is -3.07. The van der Waals surface area contributed by atoms with Gasteiger partial charge in [0.15, 0.2) is 9.84 Å². The van der Waals surface area contributed by atoms with Crippen LogP contribution in [0.25, 0.3) is 11.0 Å². The van der Waals surface area contributed by atoms with Gasteiger partial charge in [-0.1, -0.05) is 12.1 Å². The zero-order chi connectivity index (χ0) is 11.8. The van der Waals surface area contributed by atoms with Gasteiger partial charge in [-0.2, -0.15) is 0 Å². The fourth-order valence-electron chi connectivity index (χ4n) is 1.68. The molecule has 0 unspecified atom stereocenters. The Bertz CT molecular complexity index is 613. The molecule has 86 valence electrons. The van der Waals surface area contributed by atoms with Crippen molar-refractivity contribution in [3.63, 3.8) is 0 Å². The van der Waals surface area contributed by atoms with E-state index in [2.05, 4.69) is 0 Å². The van der Waals surface area contributed by atoms with Gasteiger partial charge in [0, 0.05) is 18.2 Å². The van der Waals surface area contributed by atoms with Crippen molar-refractivity contribution in [2.75, 3.05) is 6.26 Å². The van der Waals surface area contributed by atoms with E-state index in [1.165, 1.54) is 6.26 Å². The Morgan fingerprint density at radius 1 is 1.38 bits per heavy atom. The lowest BCUT2D eigenvalue weighted by Crippen LogP contribution is -1.99. The highest BCUT2D eigenvalue weighted by molar-refractivity contribution is 7.89. The van der Waals surface area contributed by atoms with Crippen LogP contribution >= 0.6 is 0 Å². The predicted molar refractivity (Wildman–Crippen MR) is 62.7 cm³/mol. The standard InChI is InChI=1S/C11H13NO3S/c1-16(13,14)7-9-5-10-8(6-12)3-2-4-11(10)15-9/h2-5H,6-7,12H2,1H3. The first kappa shape index (κ1) is 11.2. The van der Waals surface area contributed by atoms with Crippen molar-refractivity contribution in [3.8, 4) is 0 Å². The molecule has 0 aliphatic heterocycles. The second-order valence-electron chi connectivity index (χ2n) is 3.82. The van der Waals surface area contributed by atoms with Crippen molar-refractivity contribution in [2.24, 2.45) is 5.73 Å². The van der Waals surface area contributed by atoms with Gasteiger partial charge in [-0.3, -0.25) is 0 Å². The normalized spacial score (nSPS) is 12.1. The monoisotopic (exact) mass is 239 g/mol. The molecule has 16 heavy (non-hydrogen) atoms. The highest BCUT2D eigenvalue weighted by atomic mass is 32.2. The summed E-state index contributed by atoms with van der Waals surface area (Å²) in [6, 6.07) is 7.30. The molecule has 2 aromatic rings. The highest BCUT2D eigenvalue weighted by Crippen LogP contribution is 2.23. The minimum Gasteiger partial charge on any atom is -0.460 e. The Hall–Kier alpha value is -1.33. The number of fused-ring (bicyclic) bond motifs is 1. The molecule has 0 fully saturated rings. The van der Waals surface area contributed by atoms with Gasteiger partial charge in [0.25, 0.3) is 0 Å². The van der Waals surface area contributed by atoms with E-state index in [0.29, 0.717) is 17.9 Å². The first-order valence-corrected chi connectivity index (χ1v) is 6.94. The quantitative estimate of drug-likeness (QED) is 0.879. The lowest BCUT2D eigenvalue weighted by atomic mass is 10.1. The van der Waals surface area contributed by atoms with Crippen LogP contribution in [0, 0.1) is 0 Å². The van der Waals surface area contributed by atoms with Gasteiger partial charge in [-0.25, -0.2) is 8.42 Å². The summed E-state index contributed by atoms with van der Waals surface area (Å²) in [5, 5.41) is 0.892. The molecule has 0 bridgehead atoms. The number of sulfone groups is 1. The molecule has 1 heterocycles. The van der Waals surface area contributed by atoms with Crippen LogP contribution in [0.5, 0.6) is 0 Å². The Kier molecular flexibility index (Phi) is 2.73. The Balaban J connectivity index is 2.52. The molecular weight excluding hydrogens is 226 g/mol. The molecule has 0 amide bonds. The number of benzene rings is 1. The third kappa shape index (κ3) is 2.25. The highest BCUT2D eigenvalue weighted by Gasteiger charge is 2.11. The van der Waals surface area contributed by atoms with Gasteiger partial charge in [-0.05, 0) is 17.7 Å². The van der Waals surface area contributed by atoms with Crippen LogP contribution in [0.15, 0.2) is 28.7 Å². The maximum Gasteiger partial charge on any atom is 0.154 e. The summed E-state index contributed by atoms with van der Waals surface area (Å²) in [4.78, 5) is 0. The average molecular weight is 239 g/mol. The molecular formula is C11H13NO3S. The minimum absolute atomic E-state index is 0.0777. The SMILES string of the molecule is CS(=O)(=O)Cc1cc2c(CN)cccc2o1. The van der Waals surface area contributed by atoms with E-state index >= 15 is 0 Å². The molecule has 0 radical (unpaired) electrons. The summed E-state index contributed by atoms with van der Waals surface area (Å²) in [6.45, 7) is 0.412. The first-order valence-electron chi connectivity index (χ1n) is 4.88. The van der Waals surface area contributed by atoms with E-state index < -0.39 is 9.84 Å². The van der Waals surface area contributed by atoms with E-state index in [0.717, 1.165) is 10.9 Å². The number of hydrogen-bond donors (Lipinski definition) is 1. The van der Waals surface area contributed by atoms with Crippen molar-refractivity contribution >= 4 is 20.8 Å². The van der Waals surface area contributed by atoms with Crippen molar-refractivity contribution < 1.29 is 12.8 Å². The van der Waals surface area contributed by atoms with Crippen molar-refractivity contribution in [3.05, 3.63) is 35.6 Å². The molecule has 0 spiro atoms. The Labute approximate surface area is 94.0 Å². The van der Waals surface area contributed by atoms with Crippen LogP contribution in [-0.2, 0) is 22.1 Å². The van der Waals surface area contributed by atoms with Gasteiger partial charge in [0.1, 0.15) is 17.1 Å². The summed E-state index contributed by atoms with van der Waals surface area (Å²) in [6.07, 6.45) is 1.18. The Morgan fingerprint density at radius 2 is 2.12 bits per heavy atom. The molecule has 1 aromatic heterocycles. The molecule has 1 aromatic carbocycles. The topological polar surface area (TPSA) is 73.3 Å². The fourth-order valence-corrected chi connectivity index (χ4v) is 2.34. The summed E-state index contributed by atoms with van der Waals surface area (Å²) >= 11 is 0. The van der Waals surface area contributed by atoms with Gasteiger partial charge in [0.2, 0.25) is 0 Å². The molecule has 0 atom stereocenters. The number of hydrogen-bond acceptors (Lipinski definition) is 4. The predicted octanol–water partition coefficient (Wildman–Crippen LogP) is 1.44. The van der Waals surface area contributed by atoms with Crippen LogP contribution < -0.4 is 5.73 Å². The van der Waals surface area contributed by atoms with Gasteiger partial charge in [-0.15, -0.1) is 0 Å². The van der Waals surface area contributed by atoms with Crippen molar-refractivity contribution in [1.82, 2.24) is 0 Å². The molecule has 2 N–H and O–H groups in total. The number of rotatable bonds is 3. The summed E-state index contributed by atoms with van der Waals surface area (Å²) in [7, 11) is -3.07. The molecule has 0 aliphatic rings. The Morgan fingerprint density at radius 3 is 2.75 bits per heavy atom. The molecule has 0 saturated carbocycles. The molecule has 0 aliphatic carbocycles. The fraction of sp³-hybridized carbons (Fsp3) is 0.273. The lowest BCUT2D eigenvalue weighted by molar-refractivity contribution is 0.556. The molecule has 5 heteroatoms. The van der Waals surface area contributed by atoms with Crippen LogP contribution in [0.4, 0.5) is 0 Å². The van der Waals surface area contributed by atoms with Crippen LogP contribution in [0.3, 0.4) is 0 Å². The van der Waals surface area contributed by atoms with E-state index in [1.807, 2.05) is 12.1 Å². The maximum atomic E-state index is 11.1. The third-order valence-corrected chi connectivity index (χ3v) is 3.14. The number of nitrogens with two attached hydrogens (primary N) is 1.